The maximum Gasteiger partial charge on any atom is 0.298 e. The lowest BCUT2D eigenvalue weighted by Gasteiger charge is -2.23. The van der Waals surface area contributed by atoms with Gasteiger partial charge in [0.1, 0.15) is 4.91 Å². The topological polar surface area (TPSA) is 60.4 Å². The molecule has 0 atom stereocenters. The van der Waals surface area contributed by atoms with E-state index in [1.807, 2.05) is 0 Å². The molecule has 1 aliphatic rings. The van der Waals surface area contributed by atoms with Crippen LogP contribution < -0.4 is 0 Å². The third-order valence-electron chi connectivity index (χ3n) is 2.66. The first-order valence-electron chi connectivity index (χ1n) is 6.12. The van der Waals surface area contributed by atoms with Crippen LogP contribution in [0, 0.1) is 0 Å². The Labute approximate surface area is 118 Å². The van der Waals surface area contributed by atoms with Crippen LogP contribution in [0.25, 0.3) is 4.91 Å². The fraction of sp³-hybridized carbons (Fsp3) is 0.267. The van der Waals surface area contributed by atoms with Gasteiger partial charge in [-0.15, -0.1) is 0 Å². The fourth-order valence-electron chi connectivity index (χ4n) is 1.95. The van der Waals surface area contributed by atoms with Crippen LogP contribution in [0.4, 0.5) is 0 Å². The lowest BCUT2D eigenvalue weighted by atomic mass is 9.93. The van der Waals surface area contributed by atoms with Crippen LogP contribution >= 0.6 is 0 Å². The van der Waals surface area contributed by atoms with Crippen LogP contribution in [0.3, 0.4) is 0 Å². The quantitative estimate of drug-likeness (QED) is 0.621. The Morgan fingerprint density at radius 3 is 2.20 bits per heavy atom. The van der Waals surface area contributed by atoms with E-state index in [0.29, 0.717) is 11.1 Å². The molecule has 0 bridgehead atoms. The van der Waals surface area contributed by atoms with Crippen molar-refractivity contribution in [3.8, 4) is 0 Å². The minimum atomic E-state index is -3.96. The first-order valence-corrected chi connectivity index (χ1v) is 7.53. The second-order valence-corrected chi connectivity index (χ2v) is 7.07. The van der Waals surface area contributed by atoms with E-state index in [4.69, 9.17) is 4.18 Å². The highest BCUT2D eigenvalue weighted by Gasteiger charge is 2.32. The average molecular weight is 292 g/mol. The molecule has 0 radical (unpaired) electrons. The van der Waals surface area contributed by atoms with Crippen LogP contribution in [-0.4, -0.2) is 19.8 Å². The summed E-state index contributed by atoms with van der Waals surface area (Å²) in [6.07, 6.45) is 1.27. The summed E-state index contributed by atoms with van der Waals surface area (Å²) in [5.41, 5.74) is -0.0257. The minimum Gasteiger partial charge on any atom is -0.289 e. The summed E-state index contributed by atoms with van der Waals surface area (Å²) < 4.78 is 29.9. The lowest BCUT2D eigenvalue weighted by Crippen LogP contribution is -2.26. The monoisotopic (exact) mass is 292 g/mol. The predicted octanol–water partition coefficient (Wildman–Crippen LogP) is 2.92. The van der Waals surface area contributed by atoms with Crippen LogP contribution in [-0.2, 0) is 14.3 Å². The molecule has 0 saturated carbocycles. The van der Waals surface area contributed by atoms with E-state index >= 15 is 0 Å². The van der Waals surface area contributed by atoms with Gasteiger partial charge in [0.05, 0.1) is 5.60 Å². The summed E-state index contributed by atoms with van der Waals surface area (Å²) >= 11 is 0. The van der Waals surface area contributed by atoms with Gasteiger partial charge in [-0.3, -0.25) is 8.98 Å². The van der Waals surface area contributed by atoms with Gasteiger partial charge in [0.2, 0.25) is 0 Å². The van der Waals surface area contributed by atoms with Crippen molar-refractivity contribution in [1.82, 2.24) is 0 Å². The van der Waals surface area contributed by atoms with Crippen molar-refractivity contribution in [1.29, 1.82) is 0 Å². The summed E-state index contributed by atoms with van der Waals surface area (Å²) in [4.78, 5) is 12.0. The molecule has 0 N–H and O–H groups in total. The molecule has 0 spiro atoms. The largest absolute Gasteiger partial charge is 0.298 e. The minimum absolute atomic E-state index is 0.0207. The van der Waals surface area contributed by atoms with E-state index in [-0.39, 0.29) is 16.3 Å². The predicted molar refractivity (Wildman–Crippen MR) is 77.6 cm³/mol. The van der Waals surface area contributed by atoms with Gasteiger partial charge in [0.25, 0.3) is 10.1 Å². The van der Waals surface area contributed by atoms with E-state index in [1.165, 1.54) is 6.08 Å². The van der Waals surface area contributed by atoms with Crippen molar-refractivity contribution in [2.45, 2.75) is 26.4 Å². The molecule has 5 heteroatoms. The number of ketones is 1. The number of carbonyl (C=O) groups excluding carboxylic acids is 1. The van der Waals surface area contributed by atoms with Crippen molar-refractivity contribution in [3.05, 3.63) is 53.6 Å². The van der Waals surface area contributed by atoms with Crippen LogP contribution in [0.1, 0.15) is 36.7 Å². The molecule has 0 heterocycles. The van der Waals surface area contributed by atoms with E-state index in [1.54, 1.807) is 45.0 Å². The van der Waals surface area contributed by atoms with Crippen molar-refractivity contribution >= 4 is 20.8 Å². The molecule has 20 heavy (non-hydrogen) atoms. The summed E-state index contributed by atoms with van der Waals surface area (Å²) in [6, 6.07) is 6.54. The highest BCUT2D eigenvalue weighted by molar-refractivity contribution is 7.96. The van der Waals surface area contributed by atoms with Gasteiger partial charge in [-0.1, -0.05) is 30.8 Å². The molecule has 0 amide bonds. The lowest BCUT2D eigenvalue weighted by molar-refractivity contribution is 0.103. The van der Waals surface area contributed by atoms with Gasteiger partial charge in [-0.05, 0) is 26.8 Å². The zero-order valence-electron chi connectivity index (χ0n) is 11.6. The Morgan fingerprint density at radius 2 is 1.65 bits per heavy atom. The molecular formula is C15H16O4S. The summed E-state index contributed by atoms with van der Waals surface area (Å²) in [5, 5.41) is 0. The Hall–Kier alpha value is -1.72. The van der Waals surface area contributed by atoms with E-state index in [9.17, 15) is 13.2 Å². The van der Waals surface area contributed by atoms with Crippen molar-refractivity contribution < 1.29 is 17.4 Å². The molecular weight excluding hydrogens is 276 g/mol. The number of Topliss-reactive ketones (excluding diaryl/α,β-unsaturated/α-hetero) is 1. The zero-order valence-corrected chi connectivity index (χ0v) is 12.5. The van der Waals surface area contributed by atoms with Crippen molar-refractivity contribution in [3.63, 3.8) is 0 Å². The molecule has 0 saturated heterocycles. The first kappa shape index (κ1) is 14.7. The normalized spacial score (nSPS) is 15.8. The maximum atomic E-state index is 12.4. The van der Waals surface area contributed by atoms with Crippen LogP contribution in [0.15, 0.2) is 42.5 Å². The van der Waals surface area contributed by atoms with Crippen LogP contribution in [0.2, 0.25) is 0 Å². The SMILES string of the molecule is C=C1C=C(S(=O)(=O)OC(C)(C)C)c2ccccc2C1=O. The molecule has 2 rings (SSSR count). The molecule has 1 aromatic rings. The number of rotatable bonds is 2. The smallest absolute Gasteiger partial charge is 0.289 e. The van der Waals surface area contributed by atoms with Gasteiger partial charge < -0.3 is 0 Å². The molecule has 0 fully saturated rings. The fourth-order valence-corrected chi connectivity index (χ4v) is 3.43. The molecule has 106 valence electrons. The Kier molecular flexibility index (Phi) is 3.44. The number of fused-ring (bicyclic) bond motifs is 1. The van der Waals surface area contributed by atoms with Crippen molar-refractivity contribution in [2.24, 2.45) is 0 Å². The summed E-state index contributed by atoms with van der Waals surface area (Å²) in [5.74, 6) is -0.268. The Balaban J connectivity index is 2.61. The zero-order chi connectivity index (χ0) is 15.1. The van der Waals surface area contributed by atoms with E-state index < -0.39 is 15.7 Å². The van der Waals surface area contributed by atoms with Crippen molar-refractivity contribution in [2.75, 3.05) is 0 Å². The second kappa shape index (κ2) is 4.68. The Morgan fingerprint density at radius 1 is 1.10 bits per heavy atom. The molecule has 0 unspecified atom stereocenters. The number of benzene rings is 1. The summed E-state index contributed by atoms with van der Waals surface area (Å²) in [6.45, 7) is 8.57. The average Bonchev–Trinajstić information content (AvgIpc) is 2.30. The molecule has 0 aromatic heterocycles. The van der Waals surface area contributed by atoms with Gasteiger partial charge in [0, 0.05) is 16.7 Å². The third-order valence-corrected chi connectivity index (χ3v) is 4.26. The molecule has 1 aliphatic carbocycles. The highest BCUT2D eigenvalue weighted by Crippen LogP contribution is 2.34. The molecule has 1 aromatic carbocycles. The summed E-state index contributed by atoms with van der Waals surface area (Å²) in [7, 11) is -3.96. The third kappa shape index (κ3) is 2.73. The molecule has 4 nitrogen and oxygen atoms in total. The van der Waals surface area contributed by atoms with Gasteiger partial charge in [0.15, 0.2) is 5.78 Å². The first-order chi connectivity index (χ1) is 9.12. The number of hydrogen-bond acceptors (Lipinski definition) is 4. The Bertz CT molecular complexity index is 718. The number of hydrogen-bond donors (Lipinski definition) is 0. The standard InChI is InChI=1S/C15H16O4S/c1-10-9-13(20(17,18)19-15(2,3)4)11-7-5-6-8-12(11)14(10)16/h5-9H,1H2,2-4H3. The number of allylic oxidation sites excluding steroid dienone is 2. The van der Waals surface area contributed by atoms with Gasteiger partial charge in [-0.2, -0.15) is 8.42 Å². The highest BCUT2D eigenvalue weighted by atomic mass is 32.2. The van der Waals surface area contributed by atoms with E-state index in [2.05, 4.69) is 6.58 Å². The second-order valence-electron chi connectivity index (χ2n) is 5.56. The van der Waals surface area contributed by atoms with E-state index in [0.717, 1.165) is 0 Å². The van der Waals surface area contributed by atoms with Gasteiger partial charge >= 0.3 is 0 Å². The van der Waals surface area contributed by atoms with Gasteiger partial charge in [-0.25, -0.2) is 0 Å². The molecule has 0 aliphatic heterocycles. The maximum absolute atomic E-state index is 12.4. The number of carbonyl (C=O) groups is 1. The van der Waals surface area contributed by atoms with Crippen LogP contribution in [0.5, 0.6) is 0 Å².